The zero-order valence-corrected chi connectivity index (χ0v) is 24.2. The number of nitrogens with zero attached hydrogens (tertiary/aromatic N) is 7. The number of hydrogen-bond acceptors (Lipinski definition) is 9. The number of likely N-dealkylation sites (N-methyl/N-ethyl adjacent to an activating group) is 1. The van der Waals surface area contributed by atoms with Crippen LogP contribution in [0.5, 0.6) is 0 Å². The molecule has 0 aliphatic carbocycles. The molecule has 1 aromatic carbocycles. The maximum Gasteiger partial charge on any atom is 0.416 e. The summed E-state index contributed by atoms with van der Waals surface area (Å²) in [6.07, 6.45) is 1.82. The first kappa shape index (κ1) is 30.4. The molecular weight excluding hydrogens is 547 g/mol. The summed E-state index contributed by atoms with van der Waals surface area (Å²) < 4.78 is 41.0. The summed E-state index contributed by atoms with van der Waals surface area (Å²) >= 11 is 0. The average molecular weight is 582 g/mol. The number of anilines is 3. The first-order chi connectivity index (χ1) is 19.8. The molecule has 0 spiro atoms. The number of aromatic nitrogens is 4. The van der Waals surface area contributed by atoms with Gasteiger partial charge in [-0.25, -0.2) is 19.9 Å². The molecule has 3 aromatic rings. The highest BCUT2D eigenvalue weighted by Gasteiger charge is 2.32. The Bertz CT molecular complexity index is 1540. The van der Waals surface area contributed by atoms with Crippen LogP contribution in [0.15, 0.2) is 66.4 Å². The van der Waals surface area contributed by atoms with Crippen molar-refractivity contribution >= 4 is 34.4 Å². The number of halogens is 3. The van der Waals surface area contributed by atoms with Gasteiger partial charge in [0.05, 0.1) is 11.8 Å². The summed E-state index contributed by atoms with van der Waals surface area (Å²) in [7, 11) is 5.63. The molecular formula is C29H34F3N9O. The van der Waals surface area contributed by atoms with Crippen LogP contribution in [0.3, 0.4) is 0 Å². The predicted molar refractivity (Wildman–Crippen MR) is 158 cm³/mol. The third-order valence-electron chi connectivity index (χ3n) is 6.78. The lowest BCUT2D eigenvalue weighted by atomic mass is 10.1. The Morgan fingerprint density at radius 2 is 1.76 bits per heavy atom. The normalized spacial score (nSPS) is 15.1. The lowest BCUT2D eigenvalue weighted by Crippen LogP contribution is -2.44. The van der Waals surface area contributed by atoms with Crippen LogP contribution in [0.25, 0.3) is 11.0 Å². The minimum Gasteiger partial charge on any atom is -0.369 e. The van der Waals surface area contributed by atoms with Gasteiger partial charge in [-0.2, -0.15) is 13.2 Å². The van der Waals surface area contributed by atoms with Gasteiger partial charge in [-0.3, -0.25) is 4.79 Å². The molecule has 42 heavy (non-hydrogen) atoms. The number of amides is 1. The van der Waals surface area contributed by atoms with Gasteiger partial charge >= 0.3 is 6.18 Å². The summed E-state index contributed by atoms with van der Waals surface area (Å²) in [4.78, 5) is 36.0. The first-order valence-electron chi connectivity index (χ1n) is 13.3. The zero-order valence-electron chi connectivity index (χ0n) is 24.2. The summed E-state index contributed by atoms with van der Waals surface area (Å²) in [5.74, 6) is 0.332. The highest BCUT2D eigenvalue weighted by atomic mass is 19.4. The maximum atomic E-state index is 13.7. The van der Waals surface area contributed by atoms with E-state index < -0.39 is 17.6 Å². The average Bonchev–Trinajstić information content (AvgIpc) is 2.95. The Hall–Kier alpha value is -4.52. The predicted octanol–water partition coefficient (Wildman–Crippen LogP) is 4.46. The standard InChI is InChI=1S/C29H34F3N9O/c1-18(20(3)37-26-25-24(34-17-35-26)16-33-28(38-25)39(4)5)7-8-19(2)36-27(42)21-13-22(29(30,31)32)15-23(14-21)41-11-9-40(6)10-12-41/h7-8,13-17H,3,9-12H2,1-2,4-6H3,(H,36,42)(H,34,35,37)/b18-7-,19-8+. The Kier molecular flexibility index (Phi) is 9.10. The van der Waals surface area contributed by atoms with Gasteiger partial charge in [0.2, 0.25) is 5.95 Å². The van der Waals surface area contributed by atoms with E-state index >= 15 is 0 Å². The Balaban J connectivity index is 1.48. The Labute approximate surface area is 242 Å². The largest absolute Gasteiger partial charge is 0.416 e. The van der Waals surface area contributed by atoms with Crippen molar-refractivity contribution in [1.82, 2.24) is 30.2 Å². The van der Waals surface area contributed by atoms with Crippen LogP contribution in [-0.4, -0.2) is 78.1 Å². The molecule has 1 amide bonds. The van der Waals surface area contributed by atoms with Gasteiger partial charge in [0, 0.05) is 62.9 Å². The molecule has 1 aliphatic rings. The number of benzene rings is 1. The van der Waals surface area contributed by atoms with E-state index in [1.165, 1.54) is 12.4 Å². The van der Waals surface area contributed by atoms with E-state index in [-0.39, 0.29) is 5.56 Å². The van der Waals surface area contributed by atoms with Gasteiger partial charge in [-0.15, -0.1) is 0 Å². The molecule has 222 valence electrons. The maximum absolute atomic E-state index is 13.7. The number of piperazine rings is 1. The van der Waals surface area contributed by atoms with Gasteiger partial charge in [0.25, 0.3) is 5.91 Å². The van der Waals surface area contributed by atoms with Crippen molar-refractivity contribution in [2.45, 2.75) is 20.0 Å². The number of rotatable bonds is 8. The molecule has 0 saturated carbocycles. The quantitative estimate of drug-likeness (QED) is 0.373. The van der Waals surface area contributed by atoms with Crippen LogP contribution >= 0.6 is 0 Å². The second-order valence-corrected chi connectivity index (χ2v) is 10.3. The van der Waals surface area contributed by atoms with Crippen LogP contribution in [0, 0.1) is 0 Å². The second kappa shape index (κ2) is 12.6. The van der Waals surface area contributed by atoms with Gasteiger partial charge in [-0.05, 0) is 50.7 Å². The molecule has 0 bridgehead atoms. The van der Waals surface area contributed by atoms with Crippen molar-refractivity contribution in [2.75, 3.05) is 62.4 Å². The van der Waals surface area contributed by atoms with E-state index in [0.29, 0.717) is 53.0 Å². The van der Waals surface area contributed by atoms with Crippen molar-refractivity contribution in [3.8, 4) is 0 Å². The van der Waals surface area contributed by atoms with E-state index in [1.807, 2.05) is 33.0 Å². The molecule has 13 heteroatoms. The van der Waals surface area contributed by atoms with E-state index in [0.717, 1.165) is 30.8 Å². The molecule has 1 fully saturated rings. The van der Waals surface area contributed by atoms with Gasteiger partial charge in [0.1, 0.15) is 17.4 Å². The lowest BCUT2D eigenvalue weighted by molar-refractivity contribution is -0.137. The van der Waals surface area contributed by atoms with Crippen molar-refractivity contribution in [2.24, 2.45) is 0 Å². The number of hydrogen-bond donors (Lipinski definition) is 2. The number of fused-ring (bicyclic) bond motifs is 1. The first-order valence-corrected chi connectivity index (χ1v) is 13.3. The van der Waals surface area contributed by atoms with E-state index in [4.69, 9.17) is 0 Å². The smallest absolute Gasteiger partial charge is 0.369 e. The van der Waals surface area contributed by atoms with E-state index in [1.54, 1.807) is 30.2 Å². The second-order valence-electron chi connectivity index (χ2n) is 10.3. The number of allylic oxidation sites excluding steroid dienone is 4. The van der Waals surface area contributed by atoms with Crippen molar-refractivity contribution in [3.05, 3.63) is 77.5 Å². The molecule has 0 unspecified atom stereocenters. The molecule has 1 aliphatic heterocycles. The minimum absolute atomic E-state index is 0.0620. The molecule has 10 nitrogen and oxygen atoms in total. The molecule has 1 saturated heterocycles. The van der Waals surface area contributed by atoms with Gasteiger partial charge in [-0.1, -0.05) is 12.7 Å². The molecule has 2 N–H and O–H groups in total. The highest BCUT2D eigenvalue weighted by molar-refractivity contribution is 5.96. The third-order valence-corrected chi connectivity index (χ3v) is 6.78. The molecule has 3 heterocycles. The van der Waals surface area contributed by atoms with Crippen molar-refractivity contribution in [3.63, 3.8) is 0 Å². The van der Waals surface area contributed by atoms with Crippen LogP contribution in [0.4, 0.5) is 30.6 Å². The molecule has 2 aromatic heterocycles. The molecule has 0 radical (unpaired) electrons. The van der Waals surface area contributed by atoms with Crippen LogP contribution < -0.4 is 20.4 Å². The summed E-state index contributed by atoms with van der Waals surface area (Å²) in [5.41, 5.74) is 2.26. The van der Waals surface area contributed by atoms with Crippen molar-refractivity contribution in [1.29, 1.82) is 0 Å². The summed E-state index contributed by atoms with van der Waals surface area (Å²) in [6, 6.07) is 3.49. The molecule has 0 atom stereocenters. The SMILES string of the molecule is C=C(Nc1ncnc2cnc(N(C)C)nc12)/C(C)=C\C=C(/C)NC(=O)c1cc(N2CCN(C)CC2)cc(C(F)(F)F)c1. The van der Waals surface area contributed by atoms with Crippen molar-refractivity contribution < 1.29 is 18.0 Å². The zero-order chi connectivity index (χ0) is 30.6. The number of carbonyl (C=O) groups excluding carboxylic acids is 1. The fourth-order valence-electron chi connectivity index (χ4n) is 4.19. The summed E-state index contributed by atoms with van der Waals surface area (Å²) in [5, 5.41) is 5.84. The molecule has 4 rings (SSSR count). The number of alkyl halides is 3. The third kappa shape index (κ3) is 7.40. The topological polar surface area (TPSA) is 102 Å². The monoisotopic (exact) mass is 581 g/mol. The summed E-state index contributed by atoms with van der Waals surface area (Å²) in [6.45, 7) is 10.2. The number of nitrogens with one attached hydrogen (secondary N) is 2. The van der Waals surface area contributed by atoms with Crippen LogP contribution in [0.2, 0.25) is 0 Å². The van der Waals surface area contributed by atoms with Gasteiger partial charge < -0.3 is 25.3 Å². The van der Waals surface area contributed by atoms with Crippen LogP contribution in [-0.2, 0) is 6.18 Å². The highest BCUT2D eigenvalue weighted by Crippen LogP contribution is 2.33. The Morgan fingerprint density at radius 1 is 1.05 bits per heavy atom. The minimum atomic E-state index is -4.58. The Morgan fingerprint density at radius 3 is 2.43 bits per heavy atom. The fraction of sp³-hybridized carbons (Fsp3) is 0.345. The van der Waals surface area contributed by atoms with E-state index in [2.05, 4.69) is 42.0 Å². The lowest BCUT2D eigenvalue weighted by Gasteiger charge is -2.34. The fourth-order valence-corrected chi connectivity index (χ4v) is 4.19. The number of carbonyl (C=O) groups is 1. The van der Waals surface area contributed by atoms with Crippen LogP contribution in [0.1, 0.15) is 29.8 Å². The van der Waals surface area contributed by atoms with E-state index in [9.17, 15) is 18.0 Å². The van der Waals surface area contributed by atoms with Gasteiger partial charge in [0.15, 0.2) is 5.82 Å².